The van der Waals surface area contributed by atoms with Crippen LogP contribution in [0.5, 0.6) is 0 Å². The first-order valence-corrected chi connectivity index (χ1v) is 35.1. The van der Waals surface area contributed by atoms with Crippen LogP contribution in [0.25, 0.3) is 89.5 Å². The zero-order valence-corrected chi connectivity index (χ0v) is 63.0. The number of aryl methyl sites for hydroxylation is 16. The van der Waals surface area contributed by atoms with Gasteiger partial charge in [0.25, 0.3) is 0 Å². The van der Waals surface area contributed by atoms with Crippen molar-refractivity contribution in [3.63, 3.8) is 0 Å². The molecule has 100 heavy (non-hydrogen) atoms. The van der Waals surface area contributed by atoms with Crippen LogP contribution >= 0.6 is 0 Å². The monoisotopic (exact) mass is 1330 g/mol. The molecular formula is C96H112N4+4. The molecule has 0 aliphatic rings. The van der Waals surface area contributed by atoms with E-state index >= 15 is 0 Å². The van der Waals surface area contributed by atoms with Crippen LogP contribution in [0.4, 0.5) is 0 Å². The number of benzene rings is 8. The number of nitrogens with zero attached hydrogens (tertiary/aromatic N) is 4. The molecule has 0 aliphatic heterocycles. The Bertz CT molecular complexity index is 5300. The summed E-state index contributed by atoms with van der Waals surface area (Å²) in [4.78, 5) is 0. The Morgan fingerprint density at radius 2 is 0.750 bits per heavy atom. The molecule has 0 saturated heterocycles. The normalized spacial score (nSPS) is 13.4. The number of hydrogen-bond acceptors (Lipinski definition) is 0. The van der Waals surface area contributed by atoms with Gasteiger partial charge in [0.05, 0.1) is 0 Å². The van der Waals surface area contributed by atoms with Crippen molar-refractivity contribution < 1.29 is 33.3 Å². The van der Waals surface area contributed by atoms with Crippen LogP contribution in [0.3, 0.4) is 0 Å². The van der Waals surface area contributed by atoms with Gasteiger partial charge < -0.3 is 0 Å². The molecule has 4 heterocycles. The van der Waals surface area contributed by atoms with Crippen molar-refractivity contribution in [2.75, 3.05) is 0 Å². The third-order valence-corrected chi connectivity index (χ3v) is 18.7. The van der Waals surface area contributed by atoms with Gasteiger partial charge >= 0.3 is 0 Å². The van der Waals surface area contributed by atoms with Crippen LogP contribution in [0.2, 0.25) is 0 Å². The van der Waals surface area contributed by atoms with Crippen molar-refractivity contribution >= 4 is 0 Å². The summed E-state index contributed by atoms with van der Waals surface area (Å²) in [7, 11) is 8.05. The molecule has 4 nitrogen and oxygen atoms in total. The lowest BCUT2D eigenvalue weighted by Gasteiger charge is -2.20. The maximum atomic E-state index is 8.87. The SMILES string of the molecule is Cc1cc(-c2cc(-c3ccccc3)ccc2C)[n+](C)cc1CC(C)C.Cc1ccc(-c2ccccc2)cc1-c1cc(C)c(C(C)C)c[n+]1C.[2H]C([2H])([2H])c1cc(C)c(-c2cc(C([2H])([2H])C(C)(C)C)c(C([2H])([2H])[2H])c[n+]2C)cc1-c1ccc(C)cc1.[2H]C([2H])([2H])c1cc(C)c(-c2cc(C)cc[n+]2C)cc1-c1ccc(C)cc1. The maximum absolute atomic E-state index is 8.87. The van der Waals surface area contributed by atoms with E-state index in [1.54, 1.807) is 44.5 Å². The Labute approximate surface area is 617 Å². The van der Waals surface area contributed by atoms with E-state index in [9.17, 15) is 0 Å². The number of hydrogen-bond donors (Lipinski definition) is 0. The molecule has 0 saturated carbocycles. The second-order valence-electron chi connectivity index (χ2n) is 29.3. The minimum Gasteiger partial charge on any atom is -0.201 e. The maximum Gasteiger partial charge on any atom is 0.212 e. The topological polar surface area (TPSA) is 15.5 Å². The van der Waals surface area contributed by atoms with Gasteiger partial charge in [0.15, 0.2) is 24.8 Å². The minimum absolute atomic E-state index is 0.0378. The van der Waals surface area contributed by atoms with E-state index in [0.29, 0.717) is 39.8 Å². The lowest BCUT2D eigenvalue weighted by molar-refractivity contribution is -0.661. The second-order valence-corrected chi connectivity index (χ2v) is 29.3. The molecule has 0 spiro atoms. The van der Waals surface area contributed by atoms with E-state index in [2.05, 4.69) is 224 Å². The molecule has 512 valence electrons. The van der Waals surface area contributed by atoms with Gasteiger partial charge in [-0.15, -0.1) is 0 Å². The highest BCUT2D eigenvalue weighted by Gasteiger charge is 2.24. The predicted octanol–water partition coefficient (Wildman–Crippen LogP) is 23.0. The molecule has 0 unspecified atom stereocenters. The molecule has 0 amide bonds. The summed E-state index contributed by atoms with van der Waals surface area (Å²) in [6.07, 6.45) is 7.29. The summed E-state index contributed by atoms with van der Waals surface area (Å²) in [5.74, 6) is 1.22. The van der Waals surface area contributed by atoms with Crippen molar-refractivity contribution in [2.24, 2.45) is 39.5 Å². The lowest BCUT2D eigenvalue weighted by Crippen LogP contribution is -2.32. The van der Waals surface area contributed by atoms with Gasteiger partial charge in [0.2, 0.25) is 22.8 Å². The molecular weight excluding hydrogens is 1210 g/mol. The van der Waals surface area contributed by atoms with Crippen LogP contribution in [0, 0.1) is 94.2 Å². The van der Waals surface area contributed by atoms with Crippen molar-refractivity contribution in [1.82, 2.24) is 0 Å². The van der Waals surface area contributed by atoms with Crippen LogP contribution in [0.1, 0.15) is 153 Å². The van der Waals surface area contributed by atoms with Crippen molar-refractivity contribution in [3.8, 4) is 89.5 Å². The Morgan fingerprint density at radius 3 is 1.20 bits per heavy atom. The first-order chi connectivity index (χ1) is 51.8. The van der Waals surface area contributed by atoms with Crippen LogP contribution in [0.15, 0.2) is 225 Å². The predicted molar refractivity (Wildman–Crippen MR) is 427 cm³/mol. The zero-order valence-electron chi connectivity index (χ0n) is 74.0. The summed E-state index contributed by atoms with van der Waals surface area (Å²) in [5, 5.41) is 0. The van der Waals surface area contributed by atoms with E-state index in [4.69, 9.17) is 15.1 Å². The third kappa shape index (κ3) is 18.6. The van der Waals surface area contributed by atoms with Crippen molar-refractivity contribution in [2.45, 2.75) is 150 Å². The van der Waals surface area contributed by atoms with E-state index in [1.807, 2.05) is 108 Å². The summed E-state index contributed by atoms with van der Waals surface area (Å²) in [5.41, 5.74) is 29.8. The summed E-state index contributed by atoms with van der Waals surface area (Å²) >= 11 is 0. The second kappa shape index (κ2) is 32.6. The molecule has 0 bridgehead atoms. The molecule has 0 N–H and O–H groups in total. The van der Waals surface area contributed by atoms with Gasteiger partial charge in [0.1, 0.15) is 28.2 Å². The Morgan fingerprint density at radius 1 is 0.330 bits per heavy atom. The van der Waals surface area contributed by atoms with Gasteiger partial charge in [-0.25, -0.2) is 18.3 Å². The number of pyridine rings is 4. The molecule has 12 aromatic rings. The first kappa shape index (κ1) is 60.3. The van der Waals surface area contributed by atoms with Crippen LogP contribution < -0.4 is 18.3 Å². The standard InChI is InChI=1S/C27H34N.C24H28N.C23H26N.C22H24N/c1-18-9-11-22(12-10-18)24-15-25(20(3)13-19(24)2)26-14-23(16-27(5,6)7)21(4)17-28(26)8;1-17(2)13-22-16-25(5)24(14-19(22)4)23-15-21(12-11-18(23)3)20-9-7-6-8-10-20;1-16(2)22-15-24(5)23(13-18(22)4)21-14-20(12-11-17(21)3)19-9-7-6-8-10-19;1-15-6-8-19(9-7-15)20-14-21(18(4)13-17(20)3)22-12-16(2)10-11-23(22)5/h9-15,17H,16H2,1-8H3;6-12,14-17H,13H2,1-5H3;6-16H,1-5H3;6-14H,1-5H3/q4*+1/i2D3,4D3,16D2;;;3D3. The fourth-order valence-corrected chi connectivity index (χ4v) is 13.1. The average Bonchev–Trinajstić information content (AvgIpc) is 0.744. The molecule has 12 rings (SSSR count). The van der Waals surface area contributed by atoms with Crippen molar-refractivity contribution in [1.29, 1.82) is 0 Å². The van der Waals surface area contributed by atoms with E-state index in [0.717, 1.165) is 51.1 Å². The van der Waals surface area contributed by atoms with Crippen LogP contribution in [-0.4, -0.2) is 0 Å². The van der Waals surface area contributed by atoms with Gasteiger partial charge in [-0.2, -0.15) is 0 Å². The number of rotatable bonds is 12. The van der Waals surface area contributed by atoms with Crippen molar-refractivity contribution in [3.05, 3.63) is 308 Å². The van der Waals surface area contributed by atoms with Crippen LogP contribution in [-0.2, 0) is 41.0 Å². The van der Waals surface area contributed by atoms with E-state index in [1.165, 1.54) is 89.9 Å². The molecule has 4 aromatic heterocycles. The molecule has 0 atom stereocenters. The lowest BCUT2D eigenvalue weighted by atomic mass is 9.86. The molecule has 8 aromatic carbocycles. The van der Waals surface area contributed by atoms with E-state index < -0.39 is 32.3 Å². The Hall–Kier alpha value is -9.64. The van der Waals surface area contributed by atoms with Gasteiger partial charge in [-0.3, -0.25) is 0 Å². The Balaban J connectivity index is 0.000000172. The fraction of sp³-hybridized carbons (Fsp3) is 0.292. The quantitative estimate of drug-likeness (QED) is 0.108. The highest BCUT2D eigenvalue weighted by molar-refractivity contribution is 5.79. The molecule has 0 fully saturated rings. The minimum atomic E-state index is -2.50. The first-order valence-electron chi connectivity index (χ1n) is 40.6. The molecule has 4 heteroatoms. The molecule has 0 radical (unpaired) electrons. The highest BCUT2D eigenvalue weighted by atomic mass is 14.9. The molecule has 0 aliphatic carbocycles. The summed E-state index contributed by atoms with van der Waals surface area (Å²) in [6, 6.07) is 68.2. The smallest absolute Gasteiger partial charge is 0.201 e. The van der Waals surface area contributed by atoms with Gasteiger partial charge in [0, 0.05) is 84.4 Å². The third-order valence-electron chi connectivity index (χ3n) is 18.7. The fourth-order valence-electron chi connectivity index (χ4n) is 13.1. The van der Waals surface area contributed by atoms with E-state index in [-0.39, 0.29) is 16.7 Å². The largest absolute Gasteiger partial charge is 0.212 e. The summed E-state index contributed by atoms with van der Waals surface area (Å²) in [6.45, 7) is 26.0. The van der Waals surface area contributed by atoms with Gasteiger partial charge in [-0.05, 0) is 237 Å². The zero-order chi connectivity index (χ0) is 81.7. The highest BCUT2D eigenvalue weighted by Crippen LogP contribution is 2.36. The average molecular weight is 1330 g/mol. The summed E-state index contributed by atoms with van der Waals surface area (Å²) < 4.78 is 98.5. The Kier molecular flexibility index (Phi) is 19.6. The number of aromatic nitrogens is 4. The van der Waals surface area contributed by atoms with Gasteiger partial charge in [-0.1, -0.05) is 205 Å².